The molecular weight excluding hydrogens is 279 g/mol. The van der Waals surface area contributed by atoms with Crippen LogP contribution in [0.3, 0.4) is 0 Å². The zero-order chi connectivity index (χ0) is 15.7. The van der Waals surface area contributed by atoms with Crippen LogP contribution in [0.4, 0.5) is 4.39 Å². The van der Waals surface area contributed by atoms with Crippen LogP contribution in [0.25, 0.3) is 22.0 Å². The minimum atomic E-state index is -0.280. The number of rotatable bonds is 3. The van der Waals surface area contributed by atoms with E-state index in [4.69, 9.17) is 0 Å². The van der Waals surface area contributed by atoms with Gasteiger partial charge in [0.1, 0.15) is 5.82 Å². The van der Waals surface area contributed by atoms with Gasteiger partial charge >= 0.3 is 0 Å². The second-order valence-corrected chi connectivity index (χ2v) is 5.46. The number of hydrogen-bond donors (Lipinski definition) is 0. The molecule has 3 rings (SSSR count). The van der Waals surface area contributed by atoms with Crippen molar-refractivity contribution in [3.63, 3.8) is 0 Å². The van der Waals surface area contributed by atoms with E-state index >= 15 is 0 Å². The van der Waals surface area contributed by atoms with Crippen LogP contribution in [0.5, 0.6) is 0 Å². The first-order valence-electron chi connectivity index (χ1n) is 7.37. The molecule has 0 saturated heterocycles. The molecule has 1 aromatic heterocycles. The average Bonchev–Trinajstić information content (AvgIpc) is 2.54. The highest BCUT2D eigenvalue weighted by atomic mass is 19.1. The Morgan fingerprint density at radius 1 is 1.18 bits per heavy atom. The van der Waals surface area contributed by atoms with Gasteiger partial charge in [-0.05, 0) is 48.7 Å². The summed E-state index contributed by atoms with van der Waals surface area (Å²) in [7, 11) is 0. The van der Waals surface area contributed by atoms with Crippen molar-refractivity contribution in [2.75, 3.05) is 0 Å². The molecule has 1 unspecified atom stereocenters. The van der Waals surface area contributed by atoms with Gasteiger partial charge in [-0.2, -0.15) is 0 Å². The van der Waals surface area contributed by atoms with E-state index in [0.29, 0.717) is 10.9 Å². The maximum Gasteiger partial charge on any atom is 0.261 e. The van der Waals surface area contributed by atoms with Crippen molar-refractivity contribution in [2.45, 2.75) is 26.3 Å². The molecular formula is C18H17FN2O. The highest BCUT2D eigenvalue weighted by Crippen LogP contribution is 2.23. The molecule has 4 heteroatoms. The summed E-state index contributed by atoms with van der Waals surface area (Å²) in [5.41, 5.74) is 2.21. The Morgan fingerprint density at radius 2 is 1.95 bits per heavy atom. The molecule has 0 N–H and O–H groups in total. The summed E-state index contributed by atoms with van der Waals surface area (Å²) >= 11 is 0. The number of halogens is 1. The number of hydrogen-bond acceptors (Lipinski definition) is 2. The third-order valence-electron chi connectivity index (χ3n) is 4.01. The lowest BCUT2D eigenvalue weighted by atomic mass is 10.0. The van der Waals surface area contributed by atoms with E-state index in [1.165, 1.54) is 12.1 Å². The van der Waals surface area contributed by atoms with Gasteiger partial charge in [0.2, 0.25) is 0 Å². The molecule has 0 aliphatic heterocycles. The normalized spacial score (nSPS) is 12.5. The SMILES string of the molecule is CCC(C)n1cnc2cc(-c3cccc(F)c3)ccc2c1=O. The predicted octanol–water partition coefficient (Wildman–Crippen LogP) is 4.17. The van der Waals surface area contributed by atoms with Crippen LogP contribution in [0.2, 0.25) is 0 Å². The van der Waals surface area contributed by atoms with Crippen molar-refractivity contribution < 1.29 is 4.39 Å². The maximum atomic E-state index is 13.3. The third kappa shape index (κ3) is 2.52. The zero-order valence-electron chi connectivity index (χ0n) is 12.6. The van der Waals surface area contributed by atoms with Crippen LogP contribution in [0, 0.1) is 5.82 Å². The van der Waals surface area contributed by atoms with Crippen LogP contribution < -0.4 is 5.56 Å². The highest BCUT2D eigenvalue weighted by Gasteiger charge is 2.09. The molecule has 0 radical (unpaired) electrons. The maximum absolute atomic E-state index is 13.3. The summed E-state index contributed by atoms with van der Waals surface area (Å²) < 4.78 is 15.0. The van der Waals surface area contributed by atoms with Crippen molar-refractivity contribution in [1.82, 2.24) is 9.55 Å². The van der Waals surface area contributed by atoms with Gasteiger partial charge in [-0.25, -0.2) is 9.37 Å². The van der Waals surface area contributed by atoms with Crippen LogP contribution in [0.15, 0.2) is 53.6 Å². The summed E-state index contributed by atoms with van der Waals surface area (Å²) in [6.07, 6.45) is 2.46. The summed E-state index contributed by atoms with van der Waals surface area (Å²) in [6.45, 7) is 4.03. The monoisotopic (exact) mass is 296 g/mol. The van der Waals surface area contributed by atoms with Gasteiger partial charge in [0.05, 0.1) is 17.2 Å². The number of aromatic nitrogens is 2. The first-order valence-corrected chi connectivity index (χ1v) is 7.37. The molecule has 3 aromatic rings. The Labute approximate surface area is 128 Å². The smallest absolute Gasteiger partial charge is 0.261 e. The van der Waals surface area contributed by atoms with E-state index in [2.05, 4.69) is 4.98 Å². The lowest BCUT2D eigenvalue weighted by molar-refractivity contribution is 0.510. The fraction of sp³-hybridized carbons (Fsp3) is 0.222. The summed E-state index contributed by atoms with van der Waals surface area (Å²) in [5.74, 6) is -0.280. The second kappa shape index (κ2) is 5.72. The molecule has 1 atom stereocenters. The average molecular weight is 296 g/mol. The van der Waals surface area contributed by atoms with Crippen molar-refractivity contribution in [1.29, 1.82) is 0 Å². The van der Waals surface area contributed by atoms with Crippen molar-refractivity contribution in [3.8, 4) is 11.1 Å². The fourth-order valence-corrected chi connectivity index (χ4v) is 2.49. The number of fused-ring (bicyclic) bond motifs is 1. The minimum absolute atomic E-state index is 0.0369. The summed E-state index contributed by atoms with van der Waals surface area (Å²) in [5, 5.41) is 0.586. The molecule has 22 heavy (non-hydrogen) atoms. The largest absolute Gasteiger partial charge is 0.296 e. The van der Waals surface area contributed by atoms with Gasteiger partial charge in [-0.3, -0.25) is 9.36 Å². The van der Waals surface area contributed by atoms with Gasteiger partial charge in [0.25, 0.3) is 5.56 Å². The van der Waals surface area contributed by atoms with Crippen LogP contribution >= 0.6 is 0 Å². The van der Waals surface area contributed by atoms with Gasteiger partial charge in [-0.15, -0.1) is 0 Å². The number of nitrogens with zero attached hydrogens (tertiary/aromatic N) is 2. The second-order valence-electron chi connectivity index (χ2n) is 5.46. The Bertz CT molecular complexity index is 886. The van der Waals surface area contributed by atoms with Crippen molar-refractivity contribution in [2.24, 2.45) is 0 Å². The van der Waals surface area contributed by atoms with Crippen LogP contribution in [-0.2, 0) is 0 Å². The topological polar surface area (TPSA) is 34.9 Å². The molecule has 1 heterocycles. The van der Waals surface area contributed by atoms with E-state index in [9.17, 15) is 9.18 Å². The Morgan fingerprint density at radius 3 is 2.68 bits per heavy atom. The Hall–Kier alpha value is -2.49. The first kappa shape index (κ1) is 14.4. The highest BCUT2D eigenvalue weighted by molar-refractivity contribution is 5.83. The van der Waals surface area contributed by atoms with Crippen LogP contribution in [0.1, 0.15) is 26.3 Å². The van der Waals surface area contributed by atoms with Crippen LogP contribution in [-0.4, -0.2) is 9.55 Å². The van der Waals surface area contributed by atoms with E-state index in [0.717, 1.165) is 17.5 Å². The third-order valence-corrected chi connectivity index (χ3v) is 4.01. The molecule has 0 aliphatic rings. The van der Waals surface area contributed by atoms with Gasteiger partial charge in [0.15, 0.2) is 0 Å². The molecule has 0 bridgehead atoms. The lowest BCUT2D eigenvalue weighted by Crippen LogP contribution is -2.23. The summed E-state index contributed by atoms with van der Waals surface area (Å²) in [4.78, 5) is 16.9. The molecule has 2 aromatic carbocycles. The molecule has 0 aliphatic carbocycles. The number of benzene rings is 2. The lowest BCUT2D eigenvalue weighted by Gasteiger charge is -2.13. The predicted molar refractivity (Wildman–Crippen MR) is 86.4 cm³/mol. The summed E-state index contributed by atoms with van der Waals surface area (Å²) in [6, 6.07) is 11.9. The minimum Gasteiger partial charge on any atom is -0.296 e. The van der Waals surface area contributed by atoms with Crippen molar-refractivity contribution in [3.05, 3.63) is 65.0 Å². The molecule has 0 saturated carbocycles. The van der Waals surface area contributed by atoms with Gasteiger partial charge < -0.3 is 0 Å². The molecule has 0 fully saturated rings. The molecule has 0 amide bonds. The van der Waals surface area contributed by atoms with E-state index in [-0.39, 0.29) is 17.4 Å². The molecule has 0 spiro atoms. The van der Waals surface area contributed by atoms with E-state index in [1.807, 2.05) is 32.0 Å². The fourth-order valence-electron chi connectivity index (χ4n) is 2.49. The Kier molecular flexibility index (Phi) is 3.75. The standard InChI is InChI=1S/C18H17FN2O/c1-3-12(2)21-11-20-17-10-14(7-8-16(17)18(21)22)13-5-4-6-15(19)9-13/h4-12H,3H2,1-2H3. The molecule has 3 nitrogen and oxygen atoms in total. The Balaban J connectivity index is 2.14. The van der Waals surface area contributed by atoms with Gasteiger partial charge in [0, 0.05) is 6.04 Å². The zero-order valence-corrected chi connectivity index (χ0v) is 12.6. The quantitative estimate of drug-likeness (QED) is 0.727. The molecule has 112 valence electrons. The van der Waals surface area contributed by atoms with E-state index in [1.54, 1.807) is 23.0 Å². The first-order chi connectivity index (χ1) is 10.6. The van der Waals surface area contributed by atoms with Crippen molar-refractivity contribution >= 4 is 10.9 Å². The van der Waals surface area contributed by atoms with E-state index < -0.39 is 0 Å². The van der Waals surface area contributed by atoms with Gasteiger partial charge in [-0.1, -0.05) is 25.1 Å².